The second-order valence-electron chi connectivity index (χ2n) is 4.89. The number of aromatic nitrogens is 2. The molecule has 2 nitrogen and oxygen atoms in total. The van der Waals surface area contributed by atoms with E-state index in [2.05, 4.69) is 63.6 Å². The van der Waals surface area contributed by atoms with E-state index in [-0.39, 0.29) is 0 Å². The van der Waals surface area contributed by atoms with Crippen LogP contribution in [0.25, 0.3) is 16.7 Å². The Bertz CT molecular complexity index is 793. The van der Waals surface area contributed by atoms with Gasteiger partial charge in [0.1, 0.15) is 5.82 Å². The fraction of sp³-hybridized carbons (Fsp3) is 0.188. The van der Waals surface area contributed by atoms with Crippen LogP contribution < -0.4 is 0 Å². The highest BCUT2D eigenvalue weighted by atomic mass is 79.9. The summed E-state index contributed by atoms with van der Waals surface area (Å²) in [7, 11) is 0. The molecule has 3 aromatic rings. The van der Waals surface area contributed by atoms with Crippen LogP contribution in [0.4, 0.5) is 0 Å². The van der Waals surface area contributed by atoms with Crippen LogP contribution in [0.5, 0.6) is 0 Å². The molecular weight excluding hydrogens is 336 g/mol. The highest BCUT2D eigenvalue weighted by Crippen LogP contribution is 2.30. The van der Waals surface area contributed by atoms with E-state index in [0.29, 0.717) is 5.88 Å². The van der Waals surface area contributed by atoms with Crippen LogP contribution in [-0.4, -0.2) is 9.55 Å². The zero-order chi connectivity index (χ0) is 14.3. The largest absolute Gasteiger partial charge is 0.294 e. The highest BCUT2D eigenvalue weighted by Gasteiger charge is 2.15. The molecule has 0 N–H and O–H groups in total. The van der Waals surface area contributed by atoms with Crippen molar-refractivity contribution in [1.29, 1.82) is 0 Å². The Kier molecular flexibility index (Phi) is 3.57. The molecule has 0 radical (unpaired) electrons. The van der Waals surface area contributed by atoms with Crippen LogP contribution in [0.1, 0.15) is 17.0 Å². The van der Waals surface area contributed by atoms with Gasteiger partial charge in [0.15, 0.2) is 0 Å². The van der Waals surface area contributed by atoms with Gasteiger partial charge in [-0.05, 0) is 59.1 Å². The summed E-state index contributed by atoms with van der Waals surface area (Å²) in [5.41, 5.74) is 5.58. The Hall–Kier alpha value is -1.32. The topological polar surface area (TPSA) is 17.8 Å². The normalized spacial score (nSPS) is 11.2. The predicted octanol–water partition coefficient (Wildman–Crippen LogP) is 5.14. The lowest BCUT2D eigenvalue weighted by Crippen LogP contribution is -2.01. The first-order valence-corrected chi connectivity index (χ1v) is 7.74. The second-order valence-corrected chi connectivity index (χ2v) is 6.02. The molecular formula is C16H14BrClN2. The Morgan fingerprint density at radius 2 is 2.00 bits per heavy atom. The van der Waals surface area contributed by atoms with Gasteiger partial charge in [-0.1, -0.05) is 18.2 Å². The number of benzene rings is 2. The van der Waals surface area contributed by atoms with Gasteiger partial charge in [0.2, 0.25) is 0 Å². The quantitative estimate of drug-likeness (QED) is 0.585. The van der Waals surface area contributed by atoms with Crippen molar-refractivity contribution in [2.24, 2.45) is 0 Å². The smallest absolute Gasteiger partial charge is 0.129 e. The van der Waals surface area contributed by atoms with E-state index in [1.54, 1.807) is 0 Å². The number of hydrogen-bond donors (Lipinski definition) is 0. The molecule has 2 aromatic carbocycles. The van der Waals surface area contributed by atoms with Crippen molar-refractivity contribution in [3.05, 3.63) is 57.8 Å². The second kappa shape index (κ2) is 5.23. The van der Waals surface area contributed by atoms with E-state index in [1.165, 1.54) is 11.1 Å². The standard InChI is InChI=1S/C16H14BrClN2/c1-10-6-7-14(12(17)8-10)20-15(9-18)19-13-5-3-4-11(2)16(13)20/h3-8H,9H2,1-2H3. The molecule has 0 aliphatic rings. The van der Waals surface area contributed by atoms with Crippen LogP contribution in [0.2, 0.25) is 0 Å². The fourth-order valence-electron chi connectivity index (χ4n) is 2.49. The molecule has 0 spiro atoms. The van der Waals surface area contributed by atoms with Gasteiger partial charge in [-0.25, -0.2) is 4.98 Å². The molecule has 0 amide bonds. The molecule has 0 bridgehead atoms. The molecule has 0 saturated carbocycles. The SMILES string of the molecule is Cc1ccc(-n2c(CCl)nc3cccc(C)c32)c(Br)c1. The lowest BCUT2D eigenvalue weighted by atomic mass is 10.2. The Morgan fingerprint density at radius 1 is 1.20 bits per heavy atom. The van der Waals surface area contributed by atoms with Crippen LogP contribution in [0.15, 0.2) is 40.9 Å². The number of fused-ring (bicyclic) bond motifs is 1. The third-order valence-electron chi connectivity index (χ3n) is 3.41. The van der Waals surface area contributed by atoms with E-state index >= 15 is 0 Å². The first-order chi connectivity index (χ1) is 9.61. The molecule has 0 saturated heterocycles. The first-order valence-electron chi connectivity index (χ1n) is 6.41. The van der Waals surface area contributed by atoms with Crippen molar-refractivity contribution in [2.45, 2.75) is 19.7 Å². The molecule has 20 heavy (non-hydrogen) atoms. The number of nitrogens with zero attached hydrogens (tertiary/aromatic N) is 2. The van der Waals surface area contributed by atoms with Gasteiger partial charge in [0, 0.05) is 4.47 Å². The minimum atomic E-state index is 0.383. The van der Waals surface area contributed by atoms with Crippen LogP contribution >= 0.6 is 27.5 Å². The van der Waals surface area contributed by atoms with Crippen molar-refractivity contribution >= 4 is 38.6 Å². The lowest BCUT2D eigenvalue weighted by molar-refractivity contribution is 0.973. The molecule has 1 aromatic heterocycles. The third-order valence-corrected chi connectivity index (χ3v) is 4.29. The molecule has 0 unspecified atom stereocenters. The Balaban J connectivity index is 2.39. The summed E-state index contributed by atoms with van der Waals surface area (Å²) >= 11 is 9.74. The maximum Gasteiger partial charge on any atom is 0.129 e. The molecule has 4 heteroatoms. The van der Waals surface area contributed by atoms with E-state index in [0.717, 1.165) is 27.0 Å². The summed E-state index contributed by atoms with van der Waals surface area (Å²) in [6, 6.07) is 12.5. The molecule has 0 aliphatic heterocycles. The van der Waals surface area contributed by atoms with Gasteiger partial charge < -0.3 is 0 Å². The number of alkyl halides is 1. The Labute approximate surface area is 131 Å². The number of imidazole rings is 1. The van der Waals surface area contributed by atoms with E-state index in [9.17, 15) is 0 Å². The molecule has 0 aliphatic carbocycles. The van der Waals surface area contributed by atoms with Crippen LogP contribution in [0.3, 0.4) is 0 Å². The number of halogens is 2. The monoisotopic (exact) mass is 348 g/mol. The van der Waals surface area contributed by atoms with Gasteiger partial charge in [-0.3, -0.25) is 4.57 Å². The predicted molar refractivity (Wildman–Crippen MR) is 87.8 cm³/mol. The molecule has 0 fully saturated rings. The fourth-order valence-corrected chi connectivity index (χ4v) is 3.33. The molecule has 0 atom stereocenters. The van der Waals surface area contributed by atoms with Gasteiger partial charge in [-0.2, -0.15) is 0 Å². The van der Waals surface area contributed by atoms with Gasteiger partial charge in [0.05, 0.1) is 22.6 Å². The number of hydrogen-bond acceptors (Lipinski definition) is 1. The van der Waals surface area contributed by atoms with Gasteiger partial charge >= 0.3 is 0 Å². The van der Waals surface area contributed by atoms with Crippen LogP contribution in [0, 0.1) is 13.8 Å². The van der Waals surface area contributed by atoms with Crippen LogP contribution in [-0.2, 0) is 5.88 Å². The van der Waals surface area contributed by atoms with E-state index in [1.807, 2.05) is 12.1 Å². The number of aryl methyl sites for hydroxylation is 2. The summed E-state index contributed by atoms with van der Waals surface area (Å²) in [5, 5.41) is 0. The lowest BCUT2D eigenvalue weighted by Gasteiger charge is -2.12. The van der Waals surface area contributed by atoms with Gasteiger partial charge in [-0.15, -0.1) is 11.6 Å². The van der Waals surface area contributed by atoms with Crippen molar-refractivity contribution in [2.75, 3.05) is 0 Å². The molecule has 102 valence electrons. The summed E-state index contributed by atoms with van der Waals surface area (Å²) in [5.74, 6) is 1.24. The van der Waals surface area contributed by atoms with Crippen molar-refractivity contribution in [1.82, 2.24) is 9.55 Å². The van der Waals surface area contributed by atoms with Crippen molar-refractivity contribution in [3.63, 3.8) is 0 Å². The highest BCUT2D eigenvalue weighted by molar-refractivity contribution is 9.10. The maximum atomic E-state index is 6.09. The zero-order valence-corrected chi connectivity index (χ0v) is 13.7. The average molecular weight is 350 g/mol. The first kappa shape index (κ1) is 13.7. The van der Waals surface area contributed by atoms with E-state index in [4.69, 9.17) is 11.6 Å². The van der Waals surface area contributed by atoms with E-state index < -0.39 is 0 Å². The number of para-hydroxylation sites is 1. The summed E-state index contributed by atoms with van der Waals surface area (Å²) in [6.45, 7) is 4.18. The molecule has 3 rings (SSSR count). The third kappa shape index (κ3) is 2.15. The summed E-state index contributed by atoms with van der Waals surface area (Å²) in [6.07, 6.45) is 0. The van der Waals surface area contributed by atoms with Crippen molar-refractivity contribution < 1.29 is 0 Å². The minimum absolute atomic E-state index is 0.383. The zero-order valence-electron chi connectivity index (χ0n) is 11.3. The Morgan fingerprint density at radius 3 is 2.70 bits per heavy atom. The van der Waals surface area contributed by atoms with Crippen molar-refractivity contribution in [3.8, 4) is 5.69 Å². The minimum Gasteiger partial charge on any atom is -0.294 e. The summed E-state index contributed by atoms with van der Waals surface area (Å²) < 4.78 is 3.19. The average Bonchev–Trinajstić information content (AvgIpc) is 2.79. The summed E-state index contributed by atoms with van der Waals surface area (Å²) in [4.78, 5) is 4.64. The maximum absolute atomic E-state index is 6.09. The number of rotatable bonds is 2. The van der Waals surface area contributed by atoms with Gasteiger partial charge in [0.25, 0.3) is 0 Å². The molecule has 1 heterocycles.